The minimum atomic E-state index is -0.585. The normalized spacial score (nSPS) is 15.6. The third-order valence-corrected chi connectivity index (χ3v) is 4.89. The Balaban J connectivity index is 1.72. The lowest BCUT2D eigenvalue weighted by atomic mass is 10.2. The summed E-state index contributed by atoms with van der Waals surface area (Å²) in [5, 5.41) is 2.40. The smallest absolute Gasteiger partial charge is 0.266 e. The standard InChI is InChI=1S/C18H12F2N2O2S2/c19-12-6-2-1-5-11(12)9-15-17(24)22(18(25)26-15)10-16(23)21-14-8-4-3-7-13(14)20/h1-9H,10H2,(H,21,23). The van der Waals surface area contributed by atoms with Crippen molar-refractivity contribution in [3.63, 3.8) is 0 Å². The topological polar surface area (TPSA) is 49.4 Å². The molecule has 26 heavy (non-hydrogen) atoms. The molecule has 2 aromatic carbocycles. The first-order chi connectivity index (χ1) is 12.5. The van der Waals surface area contributed by atoms with Gasteiger partial charge in [-0.2, -0.15) is 0 Å². The van der Waals surface area contributed by atoms with Crippen LogP contribution in [0.1, 0.15) is 5.56 Å². The van der Waals surface area contributed by atoms with Gasteiger partial charge >= 0.3 is 0 Å². The second-order valence-corrected chi connectivity index (χ2v) is 6.99. The molecule has 1 aliphatic heterocycles. The number of carbonyl (C=O) groups is 2. The van der Waals surface area contributed by atoms with Gasteiger partial charge < -0.3 is 5.32 Å². The minimum Gasteiger partial charge on any atom is -0.322 e. The predicted molar refractivity (Wildman–Crippen MR) is 101 cm³/mol. The Morgan fingerprint density at radius 3 is 2.46 bits per heavy atom. The van der Waals surface area contributed by atoms with Crippen molar-refractivity contribution in [1.82, 2.24) is 4.90 Å². The molecule has 132 valence electrons. The largest absolute Gasteiger partial charge is 0.322 e. The fraction of sp³-hybridized carbons (Fsp3) is 0.0556. The number of para-hydroxylation sites is 1. The molecule has 1 fully saturated rings. The number of benzene rings is 2. The van der Waals surface area contributed by atoms with Crippen LogP contribution in [0.2, 0.25) is 0 Å². The molecule has 1 saturated heterocycles. The number of thioether (sulfide) groups is 1. The summed E-state index contributed by atoms with van der Waals surface area (Å²) >= 11 is 6.12. The zero-order valence-corrected chi connectivity index (χ0v) is 14.9. The average molecular weight is 390 g/mol. The number of halogens is 2. The minimum absolute atomic E-state index is 0.0184. The highest BCUT2D eigenvalue weighted by molar-refractivity contribution is 8.26. The van der Waals surface area contributed by atoms with E-state index in [1.165, 1.54) is 36.4 Å². The van der Waals surface area contributed by atoms with Crippen molar-refractivity contribution >= 4 is 51.9 Å². The van der Waals surface area contributed by atoms with Crippen LogP contribution < -0.4 is 5.32 Å². The average Bonchev–Trinajstić information content (AvgIpc) is 2.86. The van der Waals surface area contributed by atoms with Crippen LogP contribution in [0.25, 0.3) is 6.08 Å². The quantitative estimate of drug-likeness (QED) is 0.637. The SMILES string of the molecule is O=C(CN1C(=O)C(=Cc2ccccc2F)SC1=S)Nc1ccccc1F. The summed E-state index contributed by atoms with van der Waals surface area (Å²) in [7, 11) is 0. The van der Waals surface area contributed by atoms with Gasteiger partial charge in [-0.1, -0.05) is 54.3 Å². The van der Waals surface area contributed by atoms with Crippen LogP contribution in [-0.2, 0) is 9.59 Å². The molecule has 0 spiro atoms. The molecule has 4 nitrogen and oxygen atoms in total. The third kappa shape index (κ3) is 3.97. The van der Waals surface area contributed by atoms with Crippen LogP contribution >= 0.6 is 24.0 Å². The number of carbonyl (C=O) groups excluding carboxylic acids is 2. The van der Waals surface area contributed by atoms with Gasteiger partial charge in [-0.15, -0.1) is 0 Å². The maximum atomic E-state index is 13.7. The van der Waals surface area contributed by atoms with E-state index < -0.39 is 23.4 Å². The highest BCUT2D eigenvalue weighted by Gasteiger charge is 2.33. The van der Waals surface area contributed by atoms with Gasteiger partial charge in [0.15, 0.2) is 0 Å². The number of rotatable bonds is 4. The molecule has 0 saturated carbocycles. The Morgan fingerprint density at radius 2 is 1.77 bits per heavy atom. The summed E-state index contributed by atoms with van der Waals surface area (Å²) in [4.78, 5) is 25.9. The van der Waals surface area contributed by atoms with E-state index in [0.717, 1.165) is 16.7 Å². The van der Waals surface area contributed by atoms with Gasteiger partial charge in [0, 0.05) is 5.56 Å². The Hall–Kier alpha value is -2.58. The summed E-state index contributed by atoms with van der Waals surface area (Å²) < 4.78 is 27.5. The number of hydrogen-bond donors (Lipinski definition) is 1. The first-order valence-corrected chi connectivity index (χ1v) is 8.72. The van der Waals surface area contributed by atoms with E-state index in [-0.39, 0.29) is 27.0 Å². The molecule has 0 bridgehead atoms. The van der Waals surface area contributed by atoms with E-state index in [1.807, 2.05) is 0 Å². The predicted octanol–water partition coefficient (Wildman–Crippen LogP) is 3.80. The fourth-order valence-electron chi connectivity index (χ4n) is 2.27. The Morgan fingerprint density at radius 1 is 1.12 bits per heavy atom. The van der Waals surface area contributed by atoms with E-state index in [4.69, 9.17) is 12.2 Å². The van der Waals surface area contributed by atoms with E-state index in [0.29, 0.717) is 0 Å². The van der Waals surface area contributed by atoms with Gasteiger partial charge in [-0.25, -0.2) is 8.78 Å². The lowest BCUT2D eigenvalue weighted by Crippen LogP contribution is -2.36. The Labute approximate surface area is 157 Å². The number of nitrogens with zero attached hydrogens (tertiary/aromatic N) is 1. The number of anilines is 1. The lowest BCUT2D eigenvalue weighted by Gasteiger charge is -2.14. The summed E-state index contributed by atoms with van der Waals surface area (Å²) in [6.45, 7) is -0.354. The Bertz CT molecular complexity index is 931. The van der Waals surface area contributed by atoms with Gasteiger partial charge in [0.25, 0.3) is 5.91 Å². The molecular weight excluding hydrogens is 378 g/mol. The van der Waals surface area contributed by atoms with Gasteiger partial charge in [0.05, 0.1) is 10.6 Å². The van der Waals surface area contributed by atoms with Gasteiger partial charge in [-0.05, 0) is 24.3 Å². The van der Waals surface area contributed by atoms with E-state index >= 15 is 0 Å². The van der Waals surface area contributed by atoms with Crippen molar-refractivity contribution in [2.75, 3.05) is 11.9 Å². The highest BCUT2D eigenvalue weighted by atomic mass is 32.2. The highest BCUT2D eigenvalue weighted by Crippen LogP contribution is 2.32. The number of thiocarbonyl (C=S) groups is 1. The summed E-state index contributed by atoms with van der Waals surface area (Å²) in [5.74, 6) is -2.12. The van der Waals surface area contributed by atoms with Crippen molar-refractivity contribution < 1.29 is 18.4 Å². The van der Waals surface area contributed by atoms with Crippen LogP contribution in [0, 0.1) is 11.6 Å². The first-order valence-electron chi connectivity index (χ1n) is 7.50. The van der Waals surface area contributed by atoms with Crippen LogP contribution in [0.15, 0.2) is 53.4 Å². The van der Waals surface area contributed by atoms with E-state index in [2.05, 4.69) is 5.32 Å². The molecule has 2 amide bonds. The molecule has 1 N–H and O–H groups in total. The van der Waals surface area contributed by atoms with Gasteiger partial charge in [0.1, 0.15) is 22.5 Å². The van der Waals surface area contributed by atoms with Crippen molar-refractivity contribution in [1.29, 1.82) is 0 Å². The van der Waals surface area contributed by atoms with Crippen LogP contribution in [0.5, 0.6) is 0 Å². The van der Waals surface area contributed by atoms with Crippen molar-refractivity contribution in [2.45, 2.75) is 0 Å². The first kappa shape index (κ1) is 18.2. The molecule has 1 aliphatic rings. The second-order valence-electron chi connectivity index (χ2n) is 5.32. The molecule has 0 aromatic heterocycles. The maximum Gasteiger partial charge on any atom is 0.266 e. The van der Waals surface area contributed by atoms with Crippen LogP contribution in [0.3, 0.4) is 0 Å². The molecule has 2 aromatic rings. The third-order valence-electron chi connectivity index (χ3n) is 3.52. The van der Waals surface area contributed by atoms with Gasteiger partial charge in [-0.3, -0.25) is 14.5 Å². The van der Waals surface area contributed by atoms with Crippen molar-refractivity contribution in [2.24, 2.45) is 0 Å². The van der Waals surface area contributed by atoms with Gasteiger partial charge in [0.2, 0.25) is 5.91 Å². The second kappa shape index (κ2) is 7.76. The zero-order chi connectivity index (χ0) is 18.7. The maximum absolute atomic E-state index is 13.7. The van der Waals surface area contributed by atoms with Crippen molar-refractivity contribution in [3.05, 3.63) is 70.6 Å². The monoisotopic (exact) mass is 390 g/mol. The molecule has 0 unspecified atom stereocenters. The van der Waals surface area contributed by atoms with Crippen LogP contribution in [-0.4, -0.2) is 27.6 Å². The fourth-order valence-corrected chi connectivity index (χ4v) is 3.51. The zero-order valence-electron chi connectivity index (χ0n) is 13.2. The van der Waals surface area contributed by atoms with Crippen LogP contribution in [0.4, 0.5) is 14.5 Å². The Kier molecular flexibility index (Phi) is 5.43. The summed E-state index contributed by atoms with van der Waals surface area (Å²) in [5.41, 5.74) is 0.272. The summed E-state index contributed by atoms with van der Waals surface area (Å²) in [6, 6.07) is 11.7. The molecule has 0 atom stereocenters. The molecule has 0 radical (unpaired) electrons. The number of amides is 2. The molecule has 0 aliphatic carbocycles. The van der Waals surface area contributed by atoms with Crippen molar-refractivity contribution in [3.8, 4) is 0 Å². The lowest BCUT2D eigenvalue weighted by molar-refractivity contribution is -0.126. The molecule has 1 heterocycles. The number of hydrogen-bond acceptors (Lipinski definition) is 4. The van der Waals surface area contributed by atoms with E-state index in [1.54, 1.807) is 18.2 Å². The summed E-state index contributed by atoms with van der Waals surface area (Å²) in [6.07, 6.45) is 1.39. The number of nitrogens with one attached hydrogen (secondary N) is 1. The molecule has 8 heteroatoms. The molecular formula is C18H12F2N2O2S2. The molecule has 3 rings (SSSR count). The van der Waals surface area contributed by atoms with E-state index in [9.17, 15) is 18.4 Å².